The average Bonchev–Trinajstić information content (AvgIpc) is 2.77. The molecule has 3 rings (SSSR count). The molecule has 0 heterocycles. The zero-order valence-electron chi connectivity index (χ0n) is 17.2. The fraction of sp³-hybridized carbons (Fsp3) is 0.120. The molecule has 3 aromatic carbocycles. The van der Waals surface area contributed by atoms with Crippen molar-refractivity contribution in [2.24, 2.45) is 0 Å². The minimum absolute atomic E-state index is 0.0330. The molecule has 0 radical (unpaired) electrons. The number of methoxy groups -OCH3 is 1. The van der Waals surface area contributed by atoms with Gasteiger partial charge in [-0.3, -0.25) is 4.79 Å². The Balaban J connectivity index is 1.81. The first-order valence-corrected chi connectivity index (χ1v) is 10.3. The van der Waals surface area contributed by atoms with Gasteiger partial charge in [0, 0.05) is 15.7 Å². The summed E-state index contributed by atoms with van der Waals surface area (Å²) in [5, 5.41) is 12.3. The number of halogens is 1. The van der Waals surface area contributed by atoms with Crippen LogP contribution in [0.5, 0.6) is 11.5 Å². The van der Waals surface area contributed by atoms with E-state index in [-0.39, 0.29) is 5.57 Å². The van der Waals surface area contributed by atoms with Crippen LogP contribution in [0.2, 0.25) is 0 Å². The number of carbonyl (C=O) groups excluding carboxylic acids is 1. The highest BCUT2D eigenvalue weighted by Gasteiger charge is 2.12. The van der Waals surface area contributed by atoms with Gasteiger partial charge in [-0.1, -0.05) is 45.8 Å². The summed E-state index contributed by atoms with van der Waals surface area (Å²) < 4.78 is 11.9. The highest BCUT2D eigenvalue weighted by molar-refractivity contribution is 9.10. The van der Waals surface area contributed by atoms with Crippen molar-refractivity contribution >= 4 is 33.6 Å². The summed E-state index contributed by atoms with van der Waals surface area (Å²) in [5.41, 5.74) is 3.35. The summed E-state index contributed by atoms with van der Waals surface area (Å²) in [7, 11) is 1.57. The van der Waals surface area contributed by atoms with Gasteiger partial charge in [0.25, 0.3) is 5.91 Å². The first kappa shape index (κ1) is 22.1. The van der Waals surface area contributed by atoms with Crippen LogP contribution in [0, 0.1) is 18.3 Å². The van der Waals surface area contributed by atoms with Gasteiger partial charge in [-0.2, -0.15) is 5.26 Å². The van der Waals surface area contributed by atoms with Gasteiger partial charge in [0.15, 0.2) is 0 Å². The number of hydrogen-bond donors (Lipinski definition) is 1. The van der Waals surface area contributed by atoms with Crippen molar-refractivity contribution in [2.45, 2.75) is 13.5 Å². The molecule has 0 aliphatic heterocycles. The number of benzene rings is 3. The highest BCUT2D eigenvalue weighted by Crippen LogP contribution is 2.27. The molecule has 3 aromatic rings. The van der Waals surface area contributed by atoms with E-state index in [1.54, 1.807) is 31.4 Å². The number of nitrogens with zero attached hydrogens (tertiary/aromatic N) is 1. The number of amides is 1. The largest absolute Gasteiger partial charge is 0.497 e. The molecular formula is C25H21BrN2O3. The Morgan fingerprint density at radius 2 is 1.90 bits per heavy atom. The quantitative estimate of drug-likeness (QED) is 0.340. The molecular weight excluding hydrogens is 456 g/mol. The van der Waals surface area contributed by atoms with E-state index >= 15 is 0 Å². The van der Waals surface area contributed by atoms with Crippen molar-refractivity contribution in [3.8, 4) is 17.6 Å². The van der Waals surface area contributed by atoms with Crippen LogP contribution in [0.1, 0.15) is 16.7 Å². The lowest BCUT2D eigenvalue weighted by atomic mass is 10.1. The summed E-state index contributed by atoms with van der Waals surface area (Å²) in [6, 6.07) is 22.4. The van der Waals surface area contributed by atoms with E-state index in [0.29, 0.717) is 29.4 Å². The first-order valence-electron chi connectivity index (χ1n) is 9.53. The molecule has 0 aromatic heterocycles. The number of nitrogens with one attached hydrogen (secondary N) is 1. The number of nitriles is 1. The van der Waals surface area contributed by atoms with Crippen molar-refractivity contribution in [1.82, 2.24) is 0 Å². The molecule has 0 unspecified atom stereocenters. The molecule has 0 atom stereocenters. The fourth-order valence-corrected chi connectivity index (χ4v) is 3.28. The van der Waals surface area contributed by atoms with E-state index in [0.717, 1.165) is 15.6 Å². The Morgan fingerprint density at radius 3 is 2.58 bits per heavy atom. The van der Waals surface area contributed by atoms with Crippen molar-refractivity contribution < 1.29 is 14.3 Å². The number of carbonyl (C=O) groups is 1. The van der Waals surface area contributed by atoms with Gasteiger partial charge in [0.1, 0.15) is 29.7 Å². The second-order valence-electron chi connectivity index (χ2n) is 6.81. The van der Waals surface area contributed by atoms with Gasteiger partial charge in [-0.05, 0) is 61.0 Å². The van der Waals surface area contributed by atoms with Gasteiger partial charge in [0.05, 0.1) is 7.11 Å². The molecule has 0 fully saturated rings. The third-order valence-electron chi connectivity index (χ3n) is 4.46. The molecule has 1 N–H and O–H groups in total. The smallest absolute Gasteiger partial charge is 0.266 e. The Morgan fingerprint density at radius 1 is 1.13 bits per heavy atom. The second-order valence-corrected chi connectivity index (χ2v) is 7.73. The summed E-state index contributed by atoms with van der Waals surface area (Å²) in [6.45, 7) is 2.40. The molecule has 0 saturated heterocycles. The van der Waals surface area contributed by atoms with Crippen LogP contribution < -0.4 is 14.8 Å². The van der Waals surface area contributed by atoms with Crippen LogP contribution >= 0.6 is 15.9 Å². The van der Waals surface area contributed by atoms with E-state index in [9.17, 15) is 10.1 Å². The summed E-state index contributed by atoms with van der Waals surface area (Å²) in [4.78, 5) is 12.6. The number of rotatable bonds is 7. The topological polar surface area (TPSA) is 71.3 Å². The molecule has 0 saturated carbocycles. The van der Waals surface area contributed by atoms with Crippen LogP contribution in [-0.4, -0.2) is 13.0 Å². The van der Waals surface area contributed by atoms with E-state index in [1.165, 1.54) is 6.08 Å². The fourth-order valence-electron chi connectivity index (χ4n) is 2.90. The standard InChI is InChI=1S/C25H21BrN2O3/c1-17-4-3-5-18(12-17)16-31-24-11-6-21(26)14-19(24)13-20(15-27)25(29)28-22-7-9-23(30-2)10-8-22/h3-14H,16H2,1-2H3,(H,28,29)/b20-13+. The molecule has 0 bridgehead atoms. The highest BCUT2D eigenvalue weighted by atomic mass is 79.9. The average molecular weight is 477 g/mol. The van der Waals surface area contributed by atoms with E-state index in [1.807, 2.05) is 49.4 Å². The second kappa shape index (κ2) is 10.5. The lowest BCUT2D eigenvalue weighted by Crippen LogP contribution is -2.13. The van der Waals surface area contributed by atoms with Gasteiger partial charge in [0.2, 0.25) is 0 Å². The predicted molar refractivity (Wildman–Crippen MR) is 125 cm³/mol. The minimum Gasteiger partial charge on any atom is -0.497 e. The Labute approximate surface area is 190 Å². The van der Waals surface area contributed by atoms with Crippen molar-refractivity contribution in [2.75, 3.05) is 12.4 Å². The number of ether oxygens (including phenoxy) is 2. The number of aryl methyl sites for hydroxylation is 1. The summed E-state index contributed by atoms with van der Waals surface area (Å²) in [5.74, 6) is 0.755. The number of hydrogen-bond acceptors (Lipinski definition) is 4. The van der Waals surface area contributed by atoms with Crippen LogP contribution in [0.15, 0.2) is 76.8 Å². The summed E-state index contributed by atoms with van der Waals surface area (Å²) in [6.07, 6.45) is 1.52. The van der Waals surface area contributed by atoms with Crippen LogP contribution in [0.3, 0.4) is 0 Å². The van der Waals surface area contributed by atoms with E-state index < -0.39 is 5.91 Å². The Bertz CT molecular complexity index is 1150. The lowest BCUT2D eigenvalue weighted by Gasteiger charge is -2.11. The van der Waals surface area contributed by atoms with Gasteiger partial charge in [-0.15, -0.1) is 0 Å². The minimum atomic E-state index is -0.503. The van der Waals surface area contributed by atoms with Gasteiger partial charge in [-0.25, -0.2) is 0 Å². The van der Waals surface area contributed by atoms with Crippen molar-refractivity contribution in [3.63, 3.8) is 0 Å². The molecule has 6 heteroatoms. The lowest BCUT2D eigenvalue weighted by molar-refractivity contribution is -0.112. The monoisotopic (exact) mass is 476 g/mol. The maximum absolute atomic E-state index is 12.6. The molecule has 1 amide bonds. The predicted octanol–water partition coefficient (Wildman–Crippen LogP) is 5.89. The van der Waals surface area contributed by atoms with Crippen molar-refractivity contribution in [1.29, 1.82) is 5.26 Å². The Hall–Kier alpha value is -3.56. The zero-order chi connectivity index (χ0) is 22.2. The third kappa shape index (κ3) is 6.21. The zero-order valence-corrected chi connectivity index (χ0v) is 18.8. The summed E-state index contributed by atoms with van der Waals surface area (Å²) >= 11 is 3.44. The Kier molecular flexibility index (Phi) is 7.47. The molecule has 156 valence electrons. The van der Waals surface area contributed by atoms with Gasteiger partial charge < -0.3 is 14.8 Å². The molecule has 0 spiro atoms. The van der Waals surface area contributed by atoms with E-state index in [4.69, 9.17) is 9.47 Å². The molecule has 0 aliphatic rings. The van der Waals surface area contributed by atoms with Crippen LogP contribution in [-0.2, 0) is 11.4 Å². The SMILES string of the molecule is COc1ccc(NC(=O)/C(C#N)=C/c2cc(Br)ccc2OCc2cccc(C)c2)cc1. The van der Waals surface area contributed by atoms with E-state index in [2.05, 4.69) is 27.3 Å². The van der Waals surface area contributed by atoms with Gasteiger partial charge >= 0.3 is 0 Å². The van der Waals surface area contributed by atoms with Crippen LogP contribution in [0.25, 0.3) is 6.08 Å². The molecule has 31 heavy (non-hydrogen) atoms. The van der Waals surface area contributed by atoms with Crippen LogP contribution in [0.4, 0.5) is 5.69 Å². The maximum atomic E-state index is 12.6. The first-order chi connectivity index (χ1) is 15.0. The normalized spacial score (nSPS) is 10.8. The molecule has 5 nitrogen and oxygen atoms in total. The third-order valence-corrected chi connectivity index (χ3v) is 4.95. The number of anilines is 1. The molecule has 0 aliphatic carbocycles. The maximum Gasteiger partial charge on any atom is 0.266 e. The van der Waals surface area contributed by atoms with Crippen molar-refractivity contribution in [3.05, 3.63) is 93.5 Å².